The molecule has 0 aliphatic rings. The molecule has 0 fully saturated rings. The average molecular weight is 345 g/mol. The first-order valence-electron chi connectivity index (χ1n) is 8.37. The highest BCUT2D eigenvalue weighted by molar-refractivity contribution is 6.08. The van der Waals surface area contributed by atoms with Gasteiger partial charge in [-0.3, -0.25) is 14.6 Å². The van der Waals surface area contributed by atoms with Crippen LogP contribution in [0.3, 0.4) is 0 Å². The lowest BCUT2D eigenvalue weighted by molar-refractivity contribution is 0.0985. The van der Waals surface area contributed by atoms with Gasteiger partial charge in [0.15, 0.2) is 0 Å². The number of hydrogen-bond donors (Lipinski definition) is 1. The van der Waals surface area contributed by atoms with Gasteiger partial charge in [0, 0.05) is 41.4 Å². The summed E-state index contributed by atoms with van der Waals surface area (Å²) in [5.41, 5.74) is 2.44. The van der Waals surface area contributed by atoms with Crippen molar-refractivity contribution in [1.29, 1.82) is 0 Å². The number of carbonyl (C=O) groups is 2. The van der Waals surface area contributed by atoms with Crippen LogP contribution in [0.4, 0.5) is 11.4 Å². The predicted octanol–water partition coefficient (Wildman–Crippen LogP) is 4.00. The summed E-state index contributed by atoms with van der Waals surface area (Å²) >= 11 is 0. The van der Waals surface area contributed by atoms with Crippen LogP contribution in [0.5, 0.6) is 0 Å². The normalized spacial score (nSPS) is 10.2. The van der Waals surface area contributed by atoms with Crippen LogP contribution >= 0.6 is 0 Å². The molecule has 1 heterocycles. The lowest BCUT2D eigenvalue weighted by Gasteiger charge is -2.21. The Morgan fingerprint density at radius 3 is 2.35 bits per heavy atom. The van der Waals surface area contributed by atoms with Gasteiger partial charge in [0.1, 0.15) is 0 Å². The zero-order valence-electron chi connectivity index (χ0n) is 14.4. The largest absolute Gasteiger partial charge is 0.322 e. The number of para-hydroxylation sites is 1. The number of nitrogens with one attached hydrogen (secondary N) is 1. The molecule has 0 bridgehead atoms. The van der Waals surface area contributed by atoms with Crippen LogP contribution in [-0.2, 0) is 0 Å². The van der Waals surface area contributed by atoms with Gasteiger partial charge in [-0.15, -0.1) is 0 Å². The molecular weight excluding hydrogens is 326 g/mol. The number of nitrogens with zero attached hydrogens (tertiary/aromatic N) is 2. The van der Waals surface area contributed by atoms with Crippen molar-refractivity contribution >= 4 is 23.2 Å². The monoisotopic (exact) mass is 345 g/mol. The highest BCUT2D eigenvalue weighted by atomic mass is 16.2. The Labute approximate surface area is 152 Å². The highest BCUT2D eigenvalue weighted by Crippen LogP contribution is 2.19. The van der Waals surface area contributed by atoms with E-state index in [0.29, 0.717) is 23.4 Å². The average Bonchev–Trinajstić information content (AvgIpc) is 2.70. The lowest BCUT2D eigenvalue weighted by Crippen LogP contribution is -2.30. The van der Waals surface area contributed by atoms with Crippen molar-refractivity contribution in [3.63, 3.8) is 0 Å². The van der Waals surface area contributed by atoms with E-state index in [9.17, 15) is 9.59 Å². The minimum Gasteiger partial charge on any atom is -0.322 e. The molecule has 1 N–H and O–H groups in total. The van der Waals surface area contributed by atoms with E-state index in [-0.39, 0.29) is 11.8 Å². The van der Waals surface area contributed by atoms with Gasteiger partial charge >= 0.3 is 0 Å². The van der Waals surface area contributed by atoms with E-state index in [0.717, 1.165) is 5.69 Å². The Bertz CT molecular complexity index is 895. The standard InChI is InChI=1S/C21H19N3O2/c1-2-24(19-9-4-3-5-10-19)21(26)17-7-6-8-18(15-17)23-20(25)16-11-13-22-14-12-16/h3-15H,2H2,1H3,(H,23,25). The lowest BCUT2D eigenvalue weighted by atomic mass is 10.1. The van der Waals surface area contributed by atoms with Gasteiger partial charge in [0.2, 0.25) is 0 Å². The maximum Gasteiger partial charge on any atom is 0.258 e. The van der Waals surface area contributed by atoms with Crippen molar-refractivity contribution in [3.05, 3.63) is 90.3 Å². The summed E-state index contributed by atoms with van der Waals surface area (Å²) in [4.78, 5) is 30.8. The molecule has 0 unspecified atom stereocenters. The molecule has 3 aromatic rings. The zero-order chi connectivity index (χ0) is 18.4. The Morgan fingerprint density at radius 1 is 0.923 bits per heavy atom. The quantitative estimate of drug-likeness (QED) is 0.760. The van der Waals surface area contributed by atoms with Crippen molar-refractivity contribution in [2.75, 3.05) is 16.8 Å². The summed E-state index contributed by atoms with van der Waals surface area (Å²) in [6.45, 7) is 2.48. The molecule has 0 saturated heterocycles. The van der Waals surface area contributed by atoms with Gasteiger partial charge in [-0.1, -0.05) is 24.3 Å². The first-order valence-corrected chi connectivity index (χ1v) is 8.37. The molecule has 26 heavy (non-hydrogen) atoms. The third-order valence-electron chi connectivity index (χ3n) is 3.94. The third kappa shape index (κ3) is 3.95. The first-order chi connectivity index (χ1) is 12.7. The van der Waals surface area contributed by atoms with Crippen LogP contribution in [0.25, 0.3) is 0 Å². The second-order valence-electron chi connectivity index (χ2n) is 5.66. The van der Waals surface area contributed by atoms with E-state index in [1.165, 1.54) is 0 Å². The predicted molar refractivity (Wildman–Crippen MR) is 102 cm³/mol. The van der Waals surface area contributed by atoms with Gasteiger partial charge in [-0.05, 0) is 49.4 Å². The second kappa shape index (κ2) is 8.07. The molecule has 5 heteroatoms. The summed E-state index contributed by atoms with van der Waals surface area (Å²) in [7, 11) is 0. The van der Waals surface area contributed by atoms with E-state index in [2.05, 4.69) is 10.3 Å². The van der Waals surface area contributed by atoms with Crippen LogP contribution < -0.4 is 10.2 Å². The molecule has 5 nitrogen and oxygen atoms in total. The fraction of sp³-hybridized carbons (Fsp3) is 0.0952. The minimum atomic E-state index is -0.243. The van der Waals surface area contributed by atoms with Crippen LogP contribution in [0.15, 0.2) is 79.1 Å². The fourth-order valence-electron chi connectivity index (χ4n) is 2.64. The number of aromatic nitrogens is 1. The van der Waals surface area contributed by atoms with Crippen molar-refractivity contribution < 1.29 is 9.59 Å². The van der Waals surface area contributed by atoms with Crippen LogP contribution in [-0.4, -0.2) is 23.3 Å². The number of benzene rings is 2. The Morgan fingerprint density at radius 2 is 1.65 bits per heavy atom. The first kappa shape index (κ1) is 17.4. The van der Waals surface area contributed by atoms with Crippen molar-refractivity contribution in [1.82, 2.24) is 4.98 Å². The highest BCUT2D eigenvalue weighted by Gasteiger charge is 2.16. The Balaban J connectivity index is 1.80. The summed E-state index contributed by atoms with van der Waals surface area (Å²) in [5.74, 6) is -0.355. The molecule has 3 rings (SSSR count). The van der Waals surface area contributed by atoms with Crippen LogP contribution in [0.2, 0.25) is 0 Å². The molecule has 0 aliphatic heterocycles. The van der Waals surface area contributed by atoms with Crippen LogP contribution in [0.1, 0.15) is 27.6 Å². The van der Waals surface area contributed by atoms with Crippen molar-refractivity contribution in [2.24, 2.45) is 0 Å². The van der Waals surface area contributed by atoms with Crippen LogP contribution in [0, 0.1) is 0 Å². The van der Waals surface area contributed by atoms with E-state index in [1.807, 2.05) is 37.3 Å². The Hall–Kier alpha value is -3.47. The third-order valence-corrected chi connectivity index (χ3v) is 3.94. The van der Waals surface area contributed by atoms with Gasteiger partial charge < -0.3 is 10.2 Å². The number of hydrogen-bond acceptors (Lipinski definition) is 3. The summed E-state index contributed by atoms with van der Waals surface area (Å²) in [6.07, 6.45) is 3.13. The number of amides is 2. The van der Waals surface area contributed by atoms with Gasteiger partial charge in [0.05, 0.1) is 0 Å². The molecule has 0 spiro atoms. The maximum absolute atomic E-state index is 12.9. The topological polar surface area (TPSA) is 62.3 Å². The number of carbonyl (C=O) groups excluding carboxylic acids is 2. The smallest absolute Gasteiger partial charge is 0.258 e. The van der Waals surface area contributed by atoms with E-state index >= 15 is 0 Å². The zero-order valence-corrected chi connectivity index (χ0v) is 14.4. The molecule has 2 amide bonds. The number of pyridine rings is 1. The summed E-state index contributed by atoms with van der Waals surface area (Å²) in [5, 5.41) is 2.81. The molecule has 0 saturated carbocycles. The molecule has 130 valence electrons. The van der Waals surface area contributed by atoms with E-state index in [1.54, 1.807) is 53.7 Å². The molecular formula is C21H19N3O2. The van der Waals surface area contributed by atoms with Crippen molar-refractivity contribution in [2.45, 2.75) is 6.92 Å². The molecule has 0 atom stereocenters. The minimum absolute atomic E-state index is 0.112. The molecule has 2 aromatic carbocycles. The molecule has 1 aromatic heterocycles. The number of rotatable bonds is 5. The molecule has 0 radical (unpaired) electrons. The van der Waals surface area contributed by atoms with Crippen molar-refractivity contribution in [3.8, 4) is 0 Å². The van der Waals surface area contributed by atoms with E-state index < -0.39 is 0 Å². The van der Waals surface area contributed by atoms with Gasteiger partial charge in [-0.2, -0.15) is 0 Å². The summed E-state index contributed by atoms with van der Waals surface area (Å²) in [6, 6.07) is 19.7. The van der Waals surface area contributed by atoms with Gasteiger partial charge in [-0.25, -0.2) is 0 Å². The summed E-state index contributed by atoms with van der Waals surface area (Å²) < 4.78 is 0. The second-order valence-corrected chi connectivity index (χ2v) is 5.66. The van der Waals surface area contributed by atoms with Gasteiger partial charge in [0.25, 0.3) is 11.8 Å². The maximum atomic E-state index is 12.9. The fourth-order valence-corrected chi connectivity index (χ4v) is 2.64. The molecule has 0 aliphatic carbocycles. The SMILES string of the molecule is CCN(C(=O)c1cccc(NC(=O)c2ccncc2)c1)c1ccccc1. The van der Waals surface area contributed by atoms with E-state index in [4.69, 9.17) is 0 Å². The number of anilines is 2. The Kier molecular flexibility index (Phi) is 5.39.